The molecule has 2 aromatic rings. The molecule has 1 amide bonds. The summed E-state index contributed by atoms with van der Waals surface area (Å²) in [6, 6.07) is 15.5. The van der Waals surface area contributed by atoms with Gasteiger partial charge in [-0.05, 0) is 55.4 Å². The summed E-state index contributed by atoms with van der Waals surface area (Å²) in [5.74, 6) is -0.649. The van der Waals surface area contributed by atoms with Gasteiger partial charge in [0.05, 0.1) is 17.9 Å². The zero-order chi connectivity index (χ0) is 23.9. The molecule has 2 aliphatic rings. The maximum atomic E-state index is 12.6. The van der Waals surface area contributed by atoms with Gasteiger partial charge in [0.25, 0.3) is 0 Å². The molecular weight excluding hydrogens is 432 g/mol. The normalized spacial score (nSPS) is 17.5. The van der Waals surface area contributed by atoms with Crippen LogP contribution in [-0.2, 0) is 20.9 Å². The molecule has 1 N–H and O–H groups in total. The van der Waals surface area contributed by atoms with Crippen LogP contribution in [0.25, 0.3) is 0 Å². The molecule has 34 heavy (non-hydrogen) atoms. The number of anilines is 2. The number of rotatable bonds is 8. The number of aromatic carboxylic acids is 1. The summed E-state index contributed by atoms with van der Waals surface area (Å²) in [5, 5.41) is 9.81. The summed E-state index contributed by atoms with van der Waals surface area (Å²) in [7, 11) is 0. The lowest BCUT2D eigenvalue weighted by Gasteiger charge is -2.37. The van der Waals surface area contributed by atoms with Crippen LogP contribution in [0.2, 0.25) is 0 Å². The molecule has 2 aromatic carbocycles. The van der Waals surface area contributed by atoms with Gasteiger partial charge in [-0.25, -0.2) is 4.79 Å². The summed E-state index contributed by atoms with van der Waals surface area (Å²) >= 11 is 0. The second-order valence-electron chi connectivity index (χ2n) is 9.17. The van der Waals surface area contributed by atoms with E-state index in [0.717, 1.165) is 38.2 Å². The molecule has 7 nitrogen and oxygen atoms in total. The van der Waals surface area contributed by atoms with E-state index < -0.39 is 5.97 Å². The van der Waals surface area contributed by atoms with Gasteiger partial charge in [0.15, 0.2) is 0 Å². The highest BCUT2D eigenvalue weighted by Crippen LogP contribution is 2.33. The number of hydrogen-bond acceptors (Lipinski definition) is 5. The number of piperidine rings is 1. The molecule has 0 unspecified atom stereocenters. The third kappa shape index (κ3) is 5.96. The third-order valence-electron chi connectivity index (χ3n) is 6.81. The van der Waals surface area contributed by atoms with Crippen LogP contribution >= 0.6 is 0 Å². The van der Waals surface area contributed by atoms with E-state index in [1.54, 1.807) is 11.0 Å². The zero-order valence-electron chi connectivity index (χ0n) is 19.8. The van der Waals surface area contributed by atoms with E-state index >= 15 is 0 Å². The SMILES string of the molecule is CC(=O)N(c1cc(N2CCC(COCc3ccccc3)CC2)ccc1C(=O)O)C1CCOCC1. The number of benzene rings is 2. The number of carbonyl (C=O) groups excluding carboxylic acids is 1. The van der Waals surface area contributed by atoms with E-state index in [0.29, 0.717) is 44.3 Å². The Morgan fingerprint density at radius 1 is 1.06 bits per heavy atom. The second-order valence-corrected chi connectivity index (χ2v) is 9.17. The predicted molar refractivity (Wildman–Crippen MR) is 131 cm³/mol. The van der Waals surface area contributed by atoms with E-state index in [9.17, 15) is 14.7 Å². The Balaban J connectivity index is 1.42. The number of carboxylic acids is 1. The largest absolute Gasteiger partial charge is 0.478 e. The van der Waals surface area contributed by atoms with Gasteiger partial charge in [-0.15, -0.1) is 0 Å². The Hall–Kier alpha value is -2.90. The van der Waals surface area contributed by atoms with Gasteiger partial charge in [0.2, 0.25) is 5.91 Å². The van der Waals surface area contributed by atoms with Crippen LogP contribution < -0.4 is 9.80 Å². The maximum Gasteiger partial charge on any atom is 0.337 e. The molecule has 0 spiro atoms. The smallest absolute Gasteiger partial charge is 0.337 e. The average Bonchev–Trinajstić information content (AvgIpc) is 2.85. The van der Waals surface area contributed by atoms with E-state index in [4.69, 9.17) is 9.47 Å². The fourth-order valence-electron chi connectivity index (χ4n) is 4.94. The van der Waals surface area contributed by atoms with Gasteiger partial charge in [0, 0.05) is 51.6 Å². The second kappa shape index (κ2) is 11.5. The highest BCUT2D eigenvalue weighted by molar-refractivity contribution is 6.02. The lowest BCUT2D eigenvalue weighted by molar-refractivity contribution is -0.117. The standard InChI is InChI=1S/C27H34N2O5/c1-20(30)29(23-11-15-33-16-12-23)26-17-24(7-8-25(26)27(31)32)28-13-9-22(10-14-28)19-34-18-21-5-3-2-4-6-21/h2-8,17,22-23H,9-16,18-19H2,1H3,(H,31,32). The minimum Gasteiger partial charge on any atom is -0.478 e. The molecule has 2 saturated heterocycles. The summed E-state index contributed by atoms with van der Waals surface area (Å²) in [5.41, 5.74) is 2.79. The summed E-state index contributed by atoms with van der Waals surface area (Å²) in [6.45, 7) is 5.80. The van der Waals surface area contributed by atoms with Crippen LogP contribution in [0.4, 0.5) is 11.4 Å². The first-order valence-corrected chi connectivity index (χ1v) is 12.1. The van der Waals surface area contributed by atoms with Gasteiger partial charge >= 0.3 is 5.97 Å². The lowest BCUT2D eigenvalue weighted by atomic mass is 9.96. The highest BCUT2D eigenvalue weighted by atomic mass is 16.5. The van der Waals surface area contributed by atoms with Crippen molar-refractivity contribution >= 4 is 23.3 Å². The van der Waals surface area contributed by atoms with Crippen molar-refractivity contribution in [2.24, 2.45) is 5.92 Å². The van der Waals surface area contributed by atoms with Crippen molar-refractivity contribution in [2.45, 2.75) is 45.3 Å². The monoisotopic (exact) mass is 466 g/mol. The van der Waals surface area contributed by atoms with Crippen molar-refractivity contribution in [1.29, 1.82) is 0 Å². The van der Waals surface area contributed by atoms with Crippen molar-refractivity contribution in [3.05, 3.63) is 59.7 Å². The number of carbonyl (C=O) groups is 2. The number of amides is 1. The van der Waals surface area contributed by atoms with E-state index in [1.807, 2.05) is 30.3 Å². The van der Waals surface area contributed by atoms with Gasteiger partial charge in [-0.2, -0.15) is 0 Å². The summed E-state index contributed by atoms with van der Waals surface area (Å²) in [6.07, 6.45) is 3.44. The van der Waals surface area contributed by atoms with Crippen LogP contribution in [0.15, 0.2) is 48.5 Å². The Kier molecular flexibility index (Phi) is 8.19. The van der Waals surface area contributed by atoms with Crippen LogP contribution in [0.3, 0.4) is 0 Å². The van der Waals surface area contributed by atoms with Crippen molar-refractivity contribution in [1.82, 2.24) is 0 Å². The first-order valence-electron chi connectivity index (χ1n) is 12.1. The molecule has 0 aromatic heterocycles. The van der Waals surface area contributed by atoms with Gasteiger partial charge in [0.1, 0.15) is 0 Å². The minimum absolute atomic E-state index is 0.0490. The number of carboxylic acid groups (broad SMARTS) is 1. The Morgan fingerprint density at radius 2 is 1.76 bits per heavy atom. The van der Waals surface area contributed by atoms with Gasteiger partial charge < -0.3 is 24.4 Å². The third-order valence-corrected chi connectivity index (χ3v) is 6.81. The van der Waals surface area contributed by atoms with E-state index in [-0.39, 0.29) is 17.5 Å². The van der Waals surface area contributed by atoms with Crippen LogP contribution in [0, 0.1) is 5.92 Å². The Morgan fingerprint density at radius 3 is 2.41 bits per heavy atom. The average molecular weight is 467 g/mol. The molecular formula is C27H34N2O5. The van der Waals surface area contributed by atoms with E-state index in [1.165, 1.54) is 12.5 Å². The Labute approximate surface area is 201 Å². The number of nitrogens with zero attached hydrogens (tertiary/aromatic N) is 2. The zero-order valence-corrected chi connectivity index (χ0v) is 19.8. The van der Waals surface area contributed by atoms with Gasteiger partial charge in [-0.1, -0.05) is 30.3 Å². The van der Waals surface area contributed by atoms with Crippen molar-refractivity contribution in [3.63, 3.8) is 0 Å². The lowest BCUT2D eigenvalue weighted by Crippen LogP contribution is -2.43. The van der Waals surface area contributed by atoms with Crippen LogP contribution in [-0.4, -0.2) is 55.9 Å². The number of hydrogen-bond donors (Lipinski definition) is 1. The molecule has 0 aliphatic carbocycles. The van der Waals surface area contributed by atoms with Crippen LogP contribution in [0.5, 0.6) is 0 Å². The molecule has 0 atom stereocenters. The molecule has 182 valence electrons. The fourth-order valence-corrected chi connectivity index (χ4v) is 4.94. The van der Waals surface area contributed by atoms with Crippen molar-refractivity contribution < 1.29 is 24.2 Å². The molecule has 0 bridgehead atoms. The summed E-state index contributed by atoms with van der Waals surface area (Å²) < 4.78 is 11.4. The topological polar surface area (TPSA) is 79.3 Å². The fraction of sp³-hybridized carbons (Fsp3) is 0.481. The predicted octanol–water partition coefficient (Wildman–Crippen LogP) is 4.35. The Bertz CT molecular complexity index is 966. The van der Waals surface area contributed by atoms with Crippen molar-refractivity contribution in [3.8, 4) is 0 Å². The molecule has 0 saturated carbocycles. The van der Waals surface area contributed by atoms with E-state index in [2.05, 4.69) is 17.0 Å². The first-order chi connectivity index (χ1) is 16.5. The van der Waals surface area contributed by atoms with Crippen molar-refractivity contribution in [2.75, 3.05) is 42.7 Å². The highest BCUT2D eigenvalue weighted by Gasteiger charge is 2.29. The first kappa shape index (κ1) is 24.2. The molecule has 2 fully saturated rings. The van der Waals surface area contributed by atoms with Gasteiger partial charge in [-0.3, -0.25) is 4.79 Å². The van der Waals surface area contributed by atoms with Crippen LogP contribution in [0.1, 0.15) is 48.5 Å². The minimum atomic E-state index is -1.02. The number of ether oxygens (including phenoxy) is 2. The molecule has 4 rings (SSSR count). The quantitative estimate of drug-likeness (QED) is 0.623. The molecule has 2 heterocycles. The molecule has 0 radical (unpaired) electrons. The maximum absolute atomic E-state index is 12.6. The summed E-state index contributed by atoms with van der Waals surface area (Å²) in [4.78, 5) is 28.5. The molecule has 7 heteroatoms. The molecule has 2 aliphatic heterocycles.